The molecule has 3 fully saturated rings. The number of fused-ring (bicyclic) bond motifs is 6. The standard InChI is InChI=1S/C97H134ClN11O25S4/c1-58-22-21-30-80(127-10)97(125)54-79(132-95(124)107-97)59(2)87-96(6,134-87)81(53-84(116)109(8)76-49-65(46-58)50-78(126-9)85(76)98)133-94(123)60(3)108(7)83(115)34-44-135-136-45-43-131-42-41-130-40-39-129-38-37-128-36-33-82(114)100-71(48-64-25-15-12-16-26-64)90(119)104-74-56-137-138-57-75(92(121)103-73(55-110)61(4)111)105-93(122)86(62(5)112)106-89(118)70(29-19-20-35-99)101-91(120)72(51-67-32-31-66-27-17-18-28-69(66)67)102-88(117)68(52-77(74)113)47-63-23-13-11-14-24-63/h11-18,21-28,30,32,49-50,59-62,68,70-75,79-81,86-87,110-112,125H,19-20,29,31,33-48,51-57,99H2,1-10H3,(H,100,114)(H,101,120)(H,102,117)(H,103,121)(H,104,119)(H,105,122)(H,106,118)(H,107,124)/b30-21+,58-22+/t59-,60+,61-,62-,68-,70+,71-,72-,73-,74+,75+,79+,80-,81+,86+,87+,96+,97+/m1/s1. The number of esters is 1. The number of carbonyl (C=O) groups excluding carboxylic acids is 12. The maximum atomic E-state index is 15.3. The van der Waals surface area contributed by atoms with Crippen LogP contribution in [0.3, 0.4) is 0 Å². The predicted octanol–water partition coefficient (Wildman–Crippen LogP) is 5.50. The number of nitrogens with zero attached hydrogens (tertiary/aromatic N) is 2. The Hall–Kier alpha value is -9.21. The number of hydrogen-bond donors (Lipinski definition) is 13. The fraction of sp³-hybridized carbons (Fsp3) is 0.567. The molecule has 1 aliphatic carbocycles. The minimum atomic E-state index is -1.90. The van der Waals surface area contributed by atoms with E-state index in [0.717, 1.165) is 49.4 Å². The van der Waals surface area contributed by atoms with Gasteiger partial charge < -0.3 is 116 Å². The summed E-state index contributed by atoms with van der Waals surface area (Å²) in [7, 11) is 10.9. The summed E-state index contributed by atoms with van der Waals surface area (Å²) in [5, 5.41) is 65.5. The second-order valence-electron chi connectivity index (χ2n) is 35.0. The summed E-state index contributed by atoms with van der Waals surface area (Å²) in [4.78, 5) is 176. The molecular formula is C97H134ClN11O25S4. The molecule has 0 spiro atoms. The van der Waals surface area contributed by atoms with Crippen LogP contribution in [0.4, 0.5) is 10.5 Å². The number of allylic oxidation sites excluding steroid dienone is 4. The third-order valence-electron chi connectivity index (χ3n) is 24.6. The fourth-order valence-electron chi connectivity index (χ4n) is 16.3. The van der Waals surface area contributed by atoms with Crippen molar-refractivity contribution in [2.45, 2.75) is 221 Å². The maximum Gasteiger partial charge on any atom is 0.409 e. The van der Waals surface area contributed by atoms with Gasteiger partial charge in [-0.3, -0.25) is 53.3 Å². The summed E-state index contributed by atoms with van der Waals surface area (Å²) in [5.74, 6) is -8.77. The first kappa shape index (κ1) is 112. The van der Waals surface area contributed by atoms with Crippen LogP contribution in [0.5, 0.6) is 5.75 Å². The molecule has 5 aliphatic rings. The van der Waals surface area contributed by atoms with Gasteiger partial charge in [0.2, 0.25) is 53.2 Å². The molecule has 758 valence electrons. The number of nitrogens with one attached hydrogen (secondary N) is 8. The van der Waals surface area contributed by atoms with E-state index in [9.17, 15) is 63.6 Å². The number of rotatable bonds is 42. The van der Waals surface area contributed by atoms with Crippen molar-refractivity contribution in [1.29, 1.82) is 0 Å². The Bertz CT molecular complexity index is 4840. The number of ether oxygens (including phenoxy) is 9. The van der Waals surface area contributed by atoms with Crippen LogP contribution in [0.2, 0.25) is 5.02 Å². The number of nitrogens with two attached hydrogens (primary N) is 1. The summed E-state index contributed by atoms with van der Waals surface area (Å²) in [6.07, 6.45) is 0.0333. The van der Waals surface area contributed by atoms with E-state index in [1.807, 2.05) is 43.3 Å². The molecule has 4 aromatic carbocycles. The van der Waals surface area contributed by atoms with E-state index < -0.39 is 186 Å². The van der Waals surface area contributed by atoms with Crippen molar-refractivity contribution < 1.29 is 121 Å². The number of ketones is 1. The quantitative estimate of drug-likeness (QED) is 0.0113. The number of benzene rings is 4. The summed E-state index contributed by atoms with van der Waals surface area (Å²) >= 11 is 6.87. The lowest BCUT2D eigenvalue weighted by Crippen LogP contribution is -2.63. The van der Waals surface area contributed by atoms with Crippen molar-refractivity contribution in [3.05, 3.63) is 160 Å². The van der Waals surface area contributed by atoms with E-state index in [1.165, 1.54) is 73.4 Å². The number of anilines is 1. The van der Waals surface area contributed by atoms with E-state index >= 15 is 14.4 Å². The topological polar surface area (TPSA) is 501 Å². The van der Waals surface area contributed by atoms with Crippen LogP contribution in [0.15, 0.2) is 127 Å². The number of hydrogen-bond acceptors (Lipinski definition) is 30. The zero-order valence-electron chi connectivity index (χ0n) is 79.7. The van der Waals surface area contributed by atoms with Crippen molar-refractivity contribution in [3.8, 4) is 5.75 Å². The molecule has 41 heteroatoms. The van der Waals surface area contributed by atoms with E-state index in [2.05, 4.69) is 42.5 Å². The van der Waals surface area contributed by atoms with Crippen LogP contribution in [-0.2, 0) is 116 Å². The molecule has 14 N–H and O–H groups in total. The van der Waals surface area contributed by atoms with E-state index in [4.69, 9.17) is 60.0 Å². The molecule has 0 radical (unpaired) electrons. The van der Waals surface area contributed by atoms with E-state index in [1.54, 1.807) is 106 Å². The number of amides is 10. The van der Waals surface area contributed by atoms with Crippen LogP contribution in [0, 0.1) is 11.8 Å². The fourth-order valence-corrected chi connectivity index (χ4v) is 20.8. The Morgan fingerprint density at radius 1 is 0.761 bits per heavy atom. The second kappa shape index (κ2) is 56.4. The third-order valence-corrected chi connectivity index (χ3v) is 29.8. The zero-order chi connectivity index (χ0) is 100. The van der Waals surface area contributed by atoms with Gasteiger partial charge in [0, 0.05) is 94.6 Å². The van der Waals surface area contributed by atoms with Gasteiger partial charge in [0.1, 0.15) is 70.9 Å². The van der Waals surface area contributed by atoms with Crippen molar-refractivity contribution in [2.24, 2.45) is 17.6 Å². The number of methoxy groups -OCH3 is 2. The van der Waals surface area contributed by atoms with Gasteiger partial charge in [-0.1, -0.05) is 177 Å². The van der Waals surface area contributed by atoms with Crippen LogP contribution >= 0.6 is 54.8 Å². The molecular weight excluding hydrogens is 1880 g/mol. The van der Waals surface area contributed by atoms with Crippen LogP contribution in [-0.4, -0.2) is 310 Å². The minimum Gasteiger partial charge on any atom is -0.495 e. The molecule has 0 aromatic heterocycles. The first-order chi connectivity index (χ1) is 66.1. The molecule has 0 saturated carbocycles. The maximum absolute atomic E-state index is 15.3. The Balaban J connectivity index is 0.741. The van der Waals surface area contributed by atoms with Gasteiger partial charge in [-0.15, -0.1) is 0 Å². The molecule has 36 nitrogen and oxygen atoms in total. The Kier molecular flexibility index (Phi) is 46.0. The van der Waals surface area contributed by atoms with Gasteiger partial charge >= 0.3 is 12.1 Å². The first-order valence-corrected chi connectivity index (χ1v) is 51.8. The number of halogens is 1. The number of alkyl carbamates (subject to hydrolysis) is 1. The monoisotopic (exact) mass is 2020 g/mol. The van der Waals surface area contributed by atoms with Gasteiger partial charge in [-0.05, 0) is 125 Å². The average molecular weight is 2020 g/mol. The normalized spacial score (nSPS) is 25.4. The number of aliphatic hydroxyl groups is 4. The minimum absolute atomic E-state index is 0.00342. The molecule has 0 unspecified atom stereocenters. The van der Waals surface area contributed by atoms with Crippen molar-refractivity contribution in [1.82, 2.24) is 47.4 Å². The molecule has 18 atom stereocenters. The second-order valence-corrected chi connectivity index (χ2v) is 40.7. The summed E-state index contributed by atoms with van der Waals surface area (Å²) in [6.45, 7) is 10.7. The van der Waals surface area contributed by atoms with Gasteiger partial charge in [0.25, 0.3) is 0 Å². The molecule has 3 saturated heterocycles. The Labute approximate surface area is 826 Å². The van der Waals surface area contributed by atoms with Crippen molar-refractivity contribution in [2.75, 3.05) is 122 Å². The molecule has 4 bridgehead atoms. The number of epoxide rings is 1. The highest BCUT2D eigenvalue weighted by Gasteiger charge is 2.65. The number of likely N-dealkylation sites (N-methyl/N-ethyl adjacent to an activating group) is 1. The van der Waals surface area contributed by atoms with Gasteiger partial charge in [-0.2, -0.15) is 0 Å². The molecule has 4 aliphatic heterocycles. The zero-order valence-corrected chi connectivity index (χ0v) is 83.7. The molecule has 138 heavy (non-hydrogen) atoms. The highest BCUT2D eigenvalue weighted by molar-refractivity contribution is 8.77. The van der Waals surface area contributed by atoms with Gasteiger partial charge in [0.15, 0.2) is 11.5 Å². The smallest absolute Gasteiger partial charge is 0.409 e. The highest BCUT2D eigenvalue weighted by Crippen LogP contribution is 2.50. The lowest BCUT2D eigenvalue weighted by Gasteiger charge is -2.42. The SMILES string of the molecule is COc1cc2cc(c1Cl)N(C)C(=O)C[C@H](OC(=O)[C@H](C)N(C)C(=O)CCSSCCOCCOCCOCCOCCC(=O)N[C@H](Cc1ccccc1)C(=O)N[C@H]1CSSC[C@@H](C(=O)N[C@H](CO)[C@@H](C)O)NC(=O)[C@H]([C@@H](C)O)NC(=O)[C@H](CCCCN)NC(=O)[C@@H](CC3=CCc4ccccc43)NC(=O)[C@H](Cc3ccccc3)CC1=O)[C@]1(C)O[C@H]1[C@H](C)[C@@H]1C[C@@](O)(NC(=O)O1)[C@H](OC)/C=C/C=C(\C)C2. The molecule has 10 amide bonds. The van der Waals surface area contributed by atoms with Crippen LogP contribution in [0.1, 0.15) is 127 Å². The number of aliphatic hydroxyl groups excluding tert-OH is 3. The largest absolute Gasteiger partial charge is 0.495 e. The average Bonchev–Trinajstić information content (AvgIpc) is 1.57. The van der Waals surface area contributed by atoms with E-state index in [0.29, 0.717) is 73.0 Å². The van der Waals surface area contributed by atoms with Crippen LogP contribution in [0.25, 0.3) is 5.57 Å². The summed E-state index contributed by atoms with van der Waals surface area (Å²) in [6, 6.07) is 17.9. The molecule has 4 heterocycles. The van der Waals surface area contributed by atoms with E-state index in [-0.39, 0.29) is 120 Å². The number of unbranched alkanes of at least 4 members (excludes halogenated alkanes) is 1. The van der Waals surface area contributed by atoms with Crippen LogP contribution < -0.4 is 57.9 Å². The first-order valence-electron chi connectivity index (χ1n) is 46.4. The van der Waals surface area contributed by atoms with Crippen molar-refractivity contribution >= 4 is 137 Å². The Morgan fingerprint density at radius 2 is 1.41 bits per heavy atom. The van der Waals surface area contributed by atoms with Crippen molar-refractivity contribution in [3.63, 3.8) is 0 Å². The number of carbonyl (C=O) groups is 12. The van der Waals surface area contributed by atoms with Gasteiger partial charge in [0.05, 0.1) is 109 Å². The molecule has 4 aromatic rings. The number of Topliss-reactive ketones (excluding diaryl/α,β-unsaturated/α-hetero) is 1. The highest BCUT2D eigenvalue weighted by atomic mass is 35.5. The lowest BCUT2D eigenvalue weighted by molar-refractivity contribution is -0.162. The Morgan fingerprint density at radius 3 is 2.07 bits per heavy atom. The van der Waals surface area contributed by atoms with Gasteiger partial charge in [-0.25, -0.2) is 9.59 Å². The molecule has 9 rings (SSSR count). The summed E-state index contributed by atoms with van der Waals surface area (Å²) in [5.41, 5.74) is 8.54. The lowest BCUT2D eigenvalue weighted by atomic mass is 9.83. The third kappa shape index (κ3) is 34.0. The predicted molar refractivity (Wildman–Crippen MR) is 526 cm³/mol. The summed E-state index contributed by atoms with van der Waals surface area (Å²) < 4.78 is 52.6.